The molecule has 0 spiro atoms. The van der Waals surface area contributed by atoms with Gasteiger partial charge in [-0.05, 0) is 52.9 Å². The fourth-order valence-corrected chi connectivity index (χ4v) is 5.02. The molecule has 4 nitrogen and oxygen atoms in total. The molecule has 0 aliphatic heterocycles. The van der Waals surface area contributed by atoms with Crippen LogP contribution in [0, 0.1) is 5.92 Å². The maximum atomic E-state index is 12.5. The number of rotatable bonds is 4. The van der Waals surface area contributed by atoms with E-state index in [1.807, 2.05) is 0 Å². The Hall–Kier alpha value is -0.140. The van der Waals surface area contributed by atoms with E-state index in [4.69, 9.17) is 11.6 Å². The van der Waals surface area contributed by atoms with Crippen molar-refractivity contribution in [2.45, 2.75) is 43.0 Å². The molecule has 0 aromatic heterocycles. The maximum absolute atomic E-state index is 12.5. The highest BCUT2D eigenvalue weighted by molar-refractivity contribution is 9.10. The topological polar surface area (TPSA) is 66.4 Å². The molecular weight excluding hydrogens is 378 g/mol. The Kier molecular flexibility index (Phi) is 5.36. The molecule has 21 heavy (non-hydrogen) atoms. The van der Waals surface area contributed by atoms with Crippen LogP contribution >= 0.6 is 27.5 Å². The highest BCUT2D eigenvalue weighted by Crippen LogP contribution is 2.34. The Balaban J connectivity index is 2.28. The average molecular weight is 397 g/mol. The molecule has 2 rings (SSSR count). The van der Waals surface area contributed by atoms with Gasteiger partial charge in [-0.2, -0.15) is 0 Å². The molecule has 1 aromatic carbocycles. The third kappa shape index (κ3) is 3.99. The molecule has 1 saturated carbocycles. The fourth-order valence-electron chi connectivity index (χ4n) is 2.92. The zero-order valence-electron chi connectivity index (χ0n) is 11.8. The molecule has 0 bridgehead atoms. The normalized spacial score (nSPS) is 26.8. The SMILES string of the molecule is CC1CCCC(CO)(NS(=O)(=O)c2ccc(Cl)c(Br)c2)C1. The summed E-state index contributed by atoms with van der Waals surface area (Å²) in [6.45, 7) is 1.89. The van der Waals surface area contributed by atoms with Gasteiger partial charge in [-0.15, -0.1) is 0 Å². The minimum atomic E-state index is -3.69. The summed E-state index contributed by atoms with van der Waals surface area (Å²) in [5.41, 5.74) is -0.761. The van der Waals surface area contributed by atoms with Crippen molar-refractivity contribution in [2.24, 2.45) is 5.92 Å². The molecule has 0 amide bonds. The van der Waals surface area contributed by atoms with Gasteiger partial charge in [0.1, 0.15) is 0 Å². The second-order valence-corrected chi connectivity index (χ2v) is 8.77. The summed E-state index contributed by atoms with van der Waals surface area (Å²) in [7, 11) is -3.69. The Morgan fingerprint density at radius 2 is 2.24 bits per heavy atom. The van der Waals surface area contributed by atoms with E-state index in [1.165, 1.54) is 18.2 Å². The van der Waals surface area contributed by atoms with Crippen LogP contribution in [0.2, 0.25) is 5.02 Å². The Morgan fingerprint density at radius 1 is 1.52 bits per heavy atom. The molecule has 1 fully saturated rings. The summed E-state index contributed by atoms with van der Waals surface area (Å²) in [5.74, 6) is 0.394. The van der Waals surface area contributed by atoms with Gasteiger partial charge in [0.05, 0.1) is 22.1 Å². The van der Waals surface area contributed by atoms with Crippen LogP contribution < -0.4 is 4.72 Å². The van der Waals surface area contributed by atoms with Crippen LogP contribution in [0.4, 0.5) is 0 Å². The second kappa shape index (κ2) is 6.54. The minimum Gasteiger partial charge on any atom is -0.394 e. The minimum absolute atomic E-state index is 0.143. The van der Waals surface area contributed by atoms with Crippen molar-refractivity contribution in [2.75, 3.05) is 6.61 Å². The molecule has 0 radical (unpaired) electrons. The average Bonchev–Trinajstić information content (AvgIpc) is 2.41. The van der Waals surface area contributed by atoms with Gasteiger partial charge in [-0.1, -0.05) is 31.4 Å². The lowest BCUT2D eigenvalue weighted by molar-refractivity contribution is 0.120. The van der Waals surface area contributed by atoms with Gasteiger partial charge < -0.3 is 5.11 Å². The van der Waals surface area contributed by atoms with Gasteiger partial charge in [0.15, 0.2) is 0 Å². The van der Waals surface area contributed by atoms with Crippen molar-refractivity contribution < 1.29 is 13.5 Å². The molecule has 2 atom stereocenters. The first-order valence-corrected chi connectivity index (χ1v) is 9.53. The van der Waals surface area contributed by atoms with E-state index in [0.717, 1.165) is 12.8 Å². The first-order valence-electron chi connectivity index (χ1n) is 6.88. The Morgan fingerprint density at radius 3 is 2.81 bits per heavy atom. The van der Waals surface area contributed by atoms with E-state index in [0.29, 0.717) is 28.3 Å². The number of nitrogens with one attached hydrogen (secondary N) is 1. The highest BCUT2D eigenvalue weighted by atomic mass is 79.9. The van der Waals surface area contributed by atoms with E-state index in [-0.39, 0.29) is 11.5 Å². The Labute approximate surface area is 139 Å². The molecule has 2 unspecified atom stereocenters. The zero-order chi connectivity index (χ0) is 15.7. The van der Waals surface area contributed by atoms with Gasteiger partial charge in [0.25, 0.3) is 0 Å². The highest BCUT2D eigenvalue weighted by Gasteiger charge is 2.38. The summed E-state index contributed by atoms with van der Waals surface area (Å²) in [4.78, 5) is 0.143. The van der Waals surface area contributed by atoms with E-state index in [1.54, 1.807) is 0 Å². The zero-order valence-corrected chi connectivity index (χ0v) is 14.9. The molecular formula is C14H19BrClNO3S. The lowest BCUT2D eigenvalue weighted by atomic mass is 9.78. The van der Waals surface area contributed by atoms with Crippen molar-refractivity contribution in [3.8, 4) is 0 Å². The van der Waals surface area contributed by atoms with E-state index >= 15 is 0 Å². The molecule has 118 valence electrons. The van der Waals surface area contributed by atoms with Crippen LogP contribution in [-0.2, 0) is 10.0 Å². The van der Waals surface area contributed by atoms with Crippen molar-refractivity contribution in [1.82, 2.24) is 4.72 Å². The summed E-state index contributed by atoms with van der Waals surface area (Å²) in [5, 5.41) is 10.2. The summed E-state index contributed by atoms with van der Waals surface area (Å²) < 4.78 is 28.3. The third-order valence-corrected chi connectivity index (χ3v) is 6.74. The quantitative estimate of drug-likeness (QED) is 0.820. The van der Waals surface area contributed by atoms with E-state index < -0.39 is 15.6 Å². The monoisotopic (exact) mass is 395 g/mol. The van der Waals surface area contributed by atoms with Crippen molar-refractivity contribution in [1.29, 1.82) is 0 Å². The van der Waals surface area contributed by atoms with E-state index in [9.17, 15) is 13.5 Å². The van der Waals surface area contributed by atoms with Crippen LogP contribution in [-0.4, -0.2) is 25.7 Å². The van der Waals surface area contributed by atoms with Gasteiger partial charge in [-0.25, -0.2) is 13.1 Å². The van der Waals surface area contributed by atoms with Crippen LogP contribution in [0.1, 0.15) is 32.6 Å². The van der Waals surface area contributed by atoms with Gasteiger partial charge in [0.2, 0.25) is 10.0 Å². The van der Waals surface area contributed by atoms with Gasteiger partial charge >= 0.3 is 0 Å². The number of hydrogen-bond acceptors (Lipinski definition) is 3. The molecule has 1 aliphatic rings. The second-order valence-electron chi connectivity index (χ2n) is 5.82. The summed E-state index contributed by atoms with van der Waals surface area (Å²) >= 11 is 9.12. The van der Waals surface area contributed by atoms with Crippen LogP contribution in [0.15, 0.2) is 27.6 Å². The lowest BCUT2D eigenvalue weighted by Gasteiger charge is -2.39. The number of benzene rings is 1. The maximum Gasteiger partial charge on any atom is 0.241 e. The number of aliphatic hydroxyl groups excluding tert-OH is 1. The molecule has 1 aromatic rings. The number of sulfonamides is 1. The van der Waals surface area contributed by atoms with Crippen LogP contribution in [0.5, 0.6) is 0 Å². The molecule has 2 N–H and O–H groups in total. The third-order valence-electron chi connectivity index (χ3n) is 3.95. The molecule has 7 heteroatoms. The fraction of sp³-hybridized carbons (Fsp3) is 0.571. The van der Waals surface area contributed by atoms with Crippen LogP contribution in [0.25, 0.3) is 0 Å². The van der Waals surface area contributed by atoms with Gasteiger partial charge in [-0.3, -0.25) is 0 Å². The van der Waals surface area contributed by atoms with E-state index in [2.05, 4.69) is 27.6 Å². The molecule has 0 heterocycles. The van der Waals surface area contributed by atoms with Crippen molar-refractivity contribution in [3.63, 3.8) is 0 Å². The molecule has 0 saturated heterocycles. The first kappa shape index (κ1) is 17.2. The predicted octanol–water partition coefficient (Wildman–Crippen LogP) is 3.32. The predicted molar refractivity (Wildman–Crippen MR) is 86.9 cm³/mol. The first-order chi connectivity index (χ1) is 9.78. The lowest BCUT2D eigenvalue weighted by Crippen LogP contribution is -2.53. The van der Waals surface area contributed by atoms with Gasteiger partial charge in [0, 0.05) is 4.47 Å². The number of halogens is 2. The number of aliphatic hydroxyl groups is 1. The number of hydrogen-bond donors (Lipinski definition) is 2. The smallest absolute Gasteiger partial charge is 0.241 e. The molecule has 1 aliphatic carbocycles. The largest absolute Gasteiger partial charge is 0.394 e. The van der Waals surface area contributed by atoms with Crippen molar-refractivity contribution in [3.05, 3.63) is 27.7 Å². The standard InChI is InChI=1S/C14H19BrClNO3S/c1-10-3-2-6-14(8-10,9-18)17-21(19,20)11-4-5-13(16)12(15)7-11/h4-5,7,10,17-18H,2-3,6,8-9H2,1H3. The van der Waals surface area contributed by atoms with Crippen molar-refractivity contribution >= 4 is 37.6 Å². The Bertz CT molecular complexity index is 623. The summed E-state index contributed by atoms with van der Waals surface area (Å²) in [6, 6.07) is 4.48. The van der Waals surface area contributed by atoms with Crippen LogP contribution in [0.3, 0.4) is 0 Å². The summed E-state index contributed by atoms with van der Waals surface area (Å²) in [6.07, 6.45) is 3.28.